The van der Waals surface area contributed by atoms with Crippen LogP contribution in [0.2, 0.25) is 0 Å². The second-order valence-electron chi connectivity index (χ2n) is 6.48. The number of aryl methyl sites for hydroxylation is 1. The van der Waals surface area contributed by atoms with Gasteiger partial charge in [0.2, 0.25) is 10.0 Å². The molecule has 3 unspecified atom stereocenters. The van der Waals surface area contributed by atoms with Crippen LogP contribution in [0.1, 0.15) is 30.4 Å². The van der Waals surface area contributed by atoms with Gasteiger partial charge in [0.1, 0.15) is 0 Å². The zero-order chi connectivity index (χ0) is 17.8. The van der Waals surface area contributed by atoms with E-state index in [9.17, 15) is 28.4 Å². The van der Waals surface area contributed by atoms with E-state index < -0.39 is 32.9 Å². The molecule has 0 aliphatic carbocycles. The molecule has 0 spiro atoms. The zero-order valence-electron chi connectivity index (χ0n) is 13.3. The van der Waals surface area contributed by atoms with E-state index >= 15 is 0 Å². The maximum atomic E-state index is 13.1. The van der Waals surface area contributed by atoms with Crippen LogP contribution in [0.5, 0.6) is 0 Å². The second kappa shape index (κ2) is 5.52. The number of carboxylic acids is 1. The van der Waals surface area contributed by atoms with Crippen molar-refractivity contribution >= 4 is 21.7 Å². The van der Waals surface area contributed by atoms with Gasteiger partial charge < -0.3 is 5.11 Å². The molecule has 2 heterocycles. The molecule has 3 atom stereocenters. The topological polar surface area (TPSA) is 118 Å². The van der Waals surface area contributed by atoms with Crippen LogP contribution < -0.4 is 0 Å². The predicted octanol–water partition coefficient (Wildman–Crippen LogP) is 1.84. The minimum Gasteiger partial charge on any atom is -0.481 e. The van der Waals surface area contributed by atoms with Crippen molar-refractivity contribution in [3.05, 3.63) is 33.4 Å². The predicted molar refractivity (Wildman–Crippen MR) is 84.1 cm³/mol. The van der Waals surface area contributed by atoms with Gasteiger partial charge in [-0.05, 0) is 44.7 Å². The Morgan fingerprint density at radius 1 is 1.33 bits per heavy atom. The lowest BCUT2D eigenvalue weighted by atomic mass is 9.89. The number of carbonyl (C=O) groups is 1. The van der Waals surface area contributed by atoms with Gasteiger partial charge in [0.15, 0.2) is 0 Å². The third-order valence-electron chi connectivity index (χ3n) is 5.02. The summed E-state index contributed by atoms with van der Waals surface area (Å²) in [5.74, 6) is -1.70. The number of nitro groups is 1. The summed E-state index contributed by atoms with van der Waals surface area (Å²) in [5.41, 5.74) is 0.325. The van der Waals surface area contributed by atoms with Crippen LogP contribution in [0.25, 0.3) is 0 Å². The van der Waals surface area contributed by atoms with Gasteiger partial charge in [-0.3, -0.25) is 14.9 Å². The first kappa shape index (κ1) is 16.8. The summed E-state index contributed by atoms with van der Waals surface area (Å²) in [4.78, 5) is 21.8. The Kier molecular flexibility index (Phi) is 3.88. The van der Waals surface area contributed by atoms with E-state index in [0.717, 1.165) is 0 Å². The van der Waals surface area contributed by atoms with Crippen LogP contribution in [0.4, 0.5) is 5.69 Å². The molecule has 0 radical (unpaired) electrons. The highest BCUT2D eigenvalue weighted by Crippen LogP contribution is 2.46. The average Bonchev–Trinajstić information content (AvgIpc) is 3.07. The van der Waals surface area contributed by atoms with Crippen molar-refractivity contribution in [1.82, 2.24) is 4.31 Å². The van der Waals surface area contributed by atoms with Crippen LogP contribution in [-0.2, 0) is 14.8 Å². The fraction of sp³-hybridized carbons (Fsp3) is 0.533. The SMILES string of the molecule is Cc1cc([N+](=O)[O-])c(C)c(S(=O)(=O)N2C3CCC2C(C(=O)O)C3)c1. The quantitative estimate of drug-likeness (QED) is 0.651. The molecule has 2 aliphatic rings. The highest BCUT2D eigenvalue weighted by molar-refractivity contribution is 7.89. The molecule has 0 aromatic heterocycles. The molecule has 2 saturated heterocycles. The van der Waals surface area contributed by atoms with Crippen LogP contribution in [0, 0.1) is 29.9 Å². The Morgan fingerprint density at radius 2 is 2.00 bits per heavy atom. The van der Waals surface area contributed by atoms with E-state index in [1.807, 2.05) is 0 Å². The van der Waals surface area contributed by atoms with E-state index in [2.05, 4.69) is 0 Å². The van der Waals surface area contributed by atoms with E-state index in [4.69, 9.17) is 0 Å². The van der Waals surface area contributed by atoms with Gasteiger partial charge >= 0.3 is 5.97 Å². The highest BCUT2D eigenvalue weighted by atomic mass is 32.2. The minimum absolute atomic E-state index is 0.0868. The van der Waals surface area contributed by atoms with Gasteiger partial charge in [-0.2, -0.15) is 4.31 Å². The molecule has 0 saturated carbocycles. The van der Waals surface area contributed by atoms with Crippen molar-refractivity contribution in [2.24, 2.45) is 5.92 Å². The summed E-state index contributed by atoms with van der Waals surface area (Å²) in [7, 11) is -3.98. The van der Waals surface area contributed by atoms with Crippen molar-refractivity contribution in [1.29, 1.82) is 0 Å². The van der Waals surface area contributed by atoms with Crippen molar-refractivity contribution in [2.45, 2.75) is 50.1 Å². The largest absolute Gasteiger partial charge is 0.481 e. The van der Waals surface area contributed by atoms with E-state index in [-0.39, 0.29) is 22.2 Å². The molecule has 130 valence electrons. The monoisotopic (exact) mass is 354 g/mol. The number of hydrogen-bond acceptors (Lipinski definition) is 5. The second-order valence-corrected chi connectivity index (χ2v) is 8.29. The lowest BCUT2D eigenvalue weighted by molar-refractivity contribution is -0.385. The fourth-order valence-corrected chi connectivity index (χ4v) is 6.20. The van der Waals surface area contributed by atoms with Gasteiger partial charge in [0.05, 0.1) is 15.7 Å². The van der Waals surface area contributed by atoms with Crippen LogP contribution >= 0.6 is 0 Å². The van der Waals surface area contributed by atoms with Crippen molar-refractivity contribution in [3.63, 3.8) is 0 Å². The van der Waals surface area contributed by atoms with Gasteiger partial charge in [-0.25, -0.2) is 8.42 Å². The number of nitro benzene ring substituents is 1. The minimum atomic E-state index is -3.98. The third-order valence-corrected chi connectivity index (χ3v) is 7.12. The average molecular weight is 354 g/mol. The smallest absolute Gasteiger partial charge is 0.308 e. The summed E-state index contributed by atoms with van der Waals surface area (Å²) >= 11 is 0. The lowest BCUT2D eigenvalue weighted by Crippen LogP contribution is -2.38. The molecule has 0 amide bonds. The fourth-order valence-electron chi connectivity index (χ4n) is 3.96. The molecular formula is C15H18N2O6S. The Hall–Kier alpha value is -2.00. The molecule has 8 nitrogen and oxygen atoms in total. The Morgan fingerprint density at radius 3 is 2.54 bits per heavy atom. The van der Waals surface area contributed by atoms with E-state index in [0.29, 0.717) is 24.8 Å². The van der Waals surface area contributed by atoms with Gasteiger partial charge in [0, 0.05) is 23.7 Å². The summed E-state index contributed by atoms with van der Waals surface area (Å²) in [6, 6.07) is 1.84. The molecule has 24 heavy (non-hydrogen) atoms. The normalized spacial score (nSPS) is 26.7. The van der Waals surface area contributed by atoms with Crippen LogP contribution in [-0.4, -0.2) is 40.8 Å². The van der Waals surface area contributed by atoms with E-state index in [1.165, 1.54) is 23.4 Å². The number of aliphatic carboxylic acids is 1. The first-order valence-corrected chi connectivity index (χ1v) is 9.10. The first-order chi connectivity index (χ1) is 11.1. The third kappa shape index (κ3) is 2.39. The Bertz CT molecular complexity index is 835. The Labute approximate surface area is 139 Å². The number of benzene rings is 1. The summed E-state index contributed by atoms with van der Waals surface area (Å²) in [6.45, 7) is 3.02. The standard InChI is InChI=1S/C15H18N2O6S/c1-8-5-13(17(20)21)9(2)14(6-8)24(22,23)16-10-3-4-12(16)11(7-10)15(18)19/h5-6,10-12H,3-4,7H2,1-2H3,(H,18,19). The van der Waals surface area contributed by atoms with Gasteiger partial charge in [-0.15, -0.1) is 0 Å². The van der Waals surface area contributed by atoms with Crippen molar-refractivity contribution in [2.75, 3.05) is 0 Å². The number of carboxylic acid groups (broad SMARTS) is 1. The molecule has 3 rings (SSSR count). The van der Waals surface area contributed by atoms with Crippen molar-refractivity contribution in [3.8, 4) is 0 Å². The molecule has 9 heteroatoms. The number of hydrogen-bond donors (Lipinski definition) is 1. The highest BCUT2D eigenvalue weighted by Gasteiger charge is 2.54. The van der Waals surface area contributed by atoms with Crippen LogP contribution in [0.15, 0.2) is 17.0 Å². The lowest BCUT2D eigenvalue weighted by Gasteiger charge is -2.23. The van der Waals surface area contributed by atoms with Crippen molar-refractivity contribution < 1.29 is 23.2 Å². The summed E-state index contributed by atoms with van der Waals surface area (Å²) < 4.78 is 27.5. The number of sulfonamides is 1. The van der Waals surface area contributed by atoms with E-state index in [1.54, 1.807) is 6.92 Å². The molecule has 1 aromatic carbocycles. The zero-order valence-corrected chi connectivity index (χ0v) is 14.1. The number of rotatable bonds is 4. The van der Waals surface area contributed by atoms with Gasteiger partial charge in [-0.1, -0.05) is 0 Å². The molecule has 2 fully saturated rings. The molecular weight excluding hydrogens is 336 g/mol. The van der Waals surface area contributed by atoms with Crippen LogP contribution in [0.3, 0.4) is 0 Å². The maximum Gasteiger partial charge on any atom is 0.308 e. The number of nitrogens with zero attached hydrogens (tertiary/aromatic N) is 2. The summed E-state index contributed by atoms with van der Waals surface area (Å²) in [5, 5.41) is 20.5. The molecule has 2 aliphatic heterocycles. The summed E-state index contributed by atoms with van der Waals surface area (Å²) in [6.07, 6.45) is 1.43. The maximum absolute atomic E-state index is 13.1. The Balaban J connectivity index is 2.10. The first-order valence-electron chi connectivity index (χ1n) is 7.66. The number of fused-ring (bicyclic) bond motifs is 2. The molecule has 2 bridgehead atoms. The molecule has 1 N–H and O–H groups in total. The molecule has 1 aromatic rings. The van der Waals surface area contributed by atoms with Gasteiger partial charge in [0.25, 0.3) is 5.69 Å².